The lowest BCUT2D eigenvalue weighted by molar-refractivity contribution is 0.0652. The molecule has 3 heterocycles. The first kappa shape index (κ1) is 33.7. The lowest BCUT2D eigenvalue weighted by Crippen LogP contribution is -2.49. The number of rotatable bonds is 8. The lowest BCUT2D eigenvalue weighted by atomic mass is 10.1. The third kappa shape index (κ3) is 8.18. The number of ether oxygens (including phenoxy) is 1. The predicted molar refractivity (Wildman–Crippen MR) is 181 cm³/mol. The zero-order valence-corrected chi connectivity index (χ0v) is 27.9. The molecular formula is C34H39N3O7S2. The number of aliphatic imine (C=N–C) groups is 1. The Hall–Kier alpha value is -3.68. The number of aryl methyl sites for hydroxylation is 1. The smallest absolute Gasteiger partial charge is 0.339 e. The van der Waals surface area contributed by atoms with Crippen molar-refractivity contribution in [2.24, 2.45) is 4.99 Å². The highest BCUT2D eigenvalue weighted by Gasteiger charge is 2.25. The minimum Gasteiger partial charge on any atom is -0.422 e. The molecule has 1 saturated heterocycles. The van der Waals surface area contributed by atoms with Crippen LogP contribution in [-0.4, -0.2) is 87.5 Å². The first-order chi connectivity index (χ1) is 22.2. The zero-order valence-electron chi connectivity index (χ0n) is 26.3. The van der Waals surface area contributed by atoms with Crippen molar-refractivity contribution in [3.63, 3.8) is 0 Å². The van der Waals surface area contributed by atoms with Crippen molar-refractivity contribution in [3.05, 3.63) is 93.8 Å². The van der Waals surface area contributed by atoms with Gasteiger partial charge in [-0.15, -0.1) is 0 Å². The summed E-state index contributed by atoms with van der Waals surface area (Å²) < 4.78 is 38.2. The van der Waals surface area contributed by atoms with Crippen molar-refractivity contribution < 1.29 is 26.9 Å². The van der Waals surface area contributed by atoms with Gasteiger partial charge >= 0.3 is 15.7 Å². The van der Waals surface area contributed by atoms with Gasteiger partial charge in [-0.25, -0.2) is 9.79 Å². The third-order valence-corrected chi connectivity index (χ3v) is 10.2. The second kappa shape index (κ2) is 15.3. The molecule has 0 unspecified atom stereocenters. The molecule has 0 amide bonds. The highest BCUT2D eigenvalue weighted by atomic mass is 32.2. The van der Waals surface area contributed by atoms with E-state index < -0.39 is 15.7 Å². The molecule has 6 rings (SSSR count). The molecule has 1 fully saturated rings. The third-order valence-electron chi connectivity index (χ3n) is 7.90. The maximum absolute atomic E-state index is 11.6. The Morgan fingerprint density at radius 1 is 0.935 bits per heavy atom. The summed E-state index contributed by atoms with van der Waals surface area (Å²) in [6, 6.07) is 21.6. The van der Waals surface area contributed by atoms with Crippen LogP contribution in [0, 0.1) is 13.8 Å². The highest BCUT2D eigenvalue weighted by Crippen LogP contribution is 2.40. The average molecular weight is 666 g/mol. The van der Waals surface area contributed by atoms with Crippen LogP contribution < -0.4 is 9.81 Å². The van der Waals surface area contributed by atoms with Crippen LogP contribution in [0.2, 0.25) is 0 Å². The largest absolute Gasteiger partial charge is 0.422 e. The van der Waals surface area contributed by atoms with Gasteiger partial charge in [-0.1, -0.05) is 42.1 Å². The number of hydrogen-bond donors (Lipinski definition) is 1. The number of benzene rings is 3. The van der Waals surface area contributed by atoms with Crippen LogP contribution in [0.15, 0.2) is 90.7 Å². The van der Waals surface area contributed by atoms with E-state index in [-0.39, 0.29) is 18.1 Å². The second-order valence-electron chi connectivity index (χ2n) is 10.9. The van der Waals surface area contributed by atoms with Gasteiger partial charge in [0.05, 0.1) is 31.3 Å². The van der Waals surface area contributed by atoms with Crippen LogP contribution in [0.5, 0.6) is 5.75 Å². The Balaban J connectivity index is 0.000000193. The van der Waals surface area contributed by atoms with Crippen LogP contribution >= 0.6 is 11.8 Å². The number of para-hydroxylation sites is 1. The van der Waals surface area contributed by atoms with E-state index in [9.17, 15) is 13.2 Å². The first-order valence-electron chi connectivity index (χ1n) is 15.3. The molecule has 0 atom stereocenters. The zero-order chi connectivity index (χ0) is 32.7. The minimum absolute atomic E-state index is 0.0898. The SMILES string of the molecule is CCS(=O)(=O)Oc1ccc2c(C)c(C)c(=O)oc2c1.OCCOCCN1CCN(C2=Nc3ccccc3Sc3ccccc32)CC1. The van der Waals surface area contributed by atoms with E-state index in [0.29, 0.717) is 24.4 Å². The molecule has 0 radical (unpaired) electrons. The molecule has 0 spiro atoms. The summed E-state index contributed by atoms with van der Waals surface area (Å²) in [5.74, 6) is 1.10. The molecule has 1 aromatic heterocycles. The maximum atomic E-state index is 11.6. The topological polar surface area (TPSA) is 122 Å². The molecule has 0 saturated carbocycles. The van der Waals surface area contributed by atoms with Crippen LogP contribution in [0.1, 0.15) is 23.6 Å². The number of amidine groups is 1. The van der Waals surface area contributed by atoms with Crippen molar-refractivity contribution in [3.8, 4) is 5.75 Å². The Bertz CT molecular complexity index is 1870. The van der Waals surface area contributed by atoms with E-state index >= 15 is 0 Å². The first-order valence-corrected chi connectivity index (χ1v) is 17.7. The lowest BCUT2D eigenvalue weighted by Gasteiger charge is -2.36. The summed E-state index contributed by atoms with van der Waals surface area (Å²) in [7, 11) is -3.59. The number of aliphatic hydroxyl groups is 1. The van der Waals surface area contributed by atoms with E-state index in [0.717, 1.165) is 55.2 Å². The molecule has 0 bridgehead atoms. The normalized spacial score (nSPS) is 14.9. The van der Waals surface area contributed by atoms with E-state index in [4.69, 9.17) is 23.4 Å². The standard InChI is InChI=1S/C21H25N3O2S.C13H14O5S/c25-14-16-26-15-13-23-9-11-24(12-10-23)21-17-5-1-3-7-19(17)27-20-8-4-2-6-18(20)22-21;1-4-19(15,16)18-10-5-6-11-8(2)9(3)13(14)17-12(11)7-10/h1-8,25H,9-16H2;5-7H,4H2,1-3H3. The van der Waals surface area contributed by atoms with Crippen LogP contribution in [0.4, 0.5) is 5.69 Å². The fourth-order valence-corrected chi connectivity index (χ4v) is 6.67. The number of hydrogen-bond acceptors (Lipinski definition) is 11. The van der Waals surface area contributed by atoms with Gasteiger partial charge in [-0.05, 0) is 56.7 Å². The molecule has 0 aliphatic carbocycles. The molecule has 12 heteroatoms. The Morgan fingerprint density at radius 3 is 2.39 bits per heavy atom. The summed E-state index contributed by atoms with van der Waals surface area (Å²) in [5.41, 5.74) is 3.52. The van der Waals surface area contributed by atoms with Gasteiger partial charge in [0, 0.05) is 65.1 Å². The molecule has 244 valence electrons. The molecule has 46 heavy (non-hydrogen) atoms. The molecule has 3 aromatic carbocycles. The van der Waals surface area contributed by atoms with E-state index in [1.54, 1.807) is 30.8 Å². The molecule has 2 aliphatic rings. The van der Waals surface area contributed by atoms with Gasteiger partial charge in [-0.3, -0.25) is 4.90 Å². The van der Waals surface area contributed by atoms with Gasteiger partial charge in [0.1, 0.15) is 17.2 Å². The van der Waals surface area contributed by atoms with Crippen molar-refractivity contribution >= 4 is 44.4 Å². The monoisotopic (exact) mass is 665 g/mol. The van der Waals surface area contributed by atoms with Crippen LogP contribution in [0.3, 0.4) is 0 Å². The van der Waals surface area contributed by atoms with Crippen LogP contribution in [0.25, 0.3) is 11.0 Å². The van der Waals surface area contributed by atoms with Gasteiger partial charge < -0.3 is 23.3 Å². The van der Waals surface area contributed by atoms with Gasteiger partial charge in [0.25, 0.3) is 0 Å². The minimum atomic E-state index is -3.59. The summed E-state index contributed by atoms with van der Waals surface area (Å²) in [4.78, 5) is 23.9. The Kier molecular flexibility index (Phi) is 11.2. The van der Waals surface area contributed by atoms with Crippen LogP contribution in [-0.2, 0) is 14.9 Å². The molecule has 10 nitrogen and oxygen atoms in total. The van der Waals surface area contributed by atoms with E-state index in [2.05, 4.69) is 58.3 Å². The fraction of sp³-hybridized carbons (Fsp3) is 0.353. The maximum Gasteiger partial charge on any atom is 0.339 e. The van der Waals surface area contributed by atoms with Crippen molar-refractivity contribution in [1.82, 2.24) is 9.80 Å². The molecule has 1 N–H and O–H groups in total. The molecular weight excluding hydrogens is 627 g/mol. The van der Waals surface area contributed by atoms with Crippen molar-refractivity contribution in [1.29, 1.82) is 0 Å². The number of nitrogens with zero attached hydrogens (tertiary/aromatic N) is 3. The average Bonchev–Trinajstić information content (AvgIpc) is 3.23. The number of fused-ring (bicyclic) bond motifs is 3. The van der Waals surface area contributed by atoms with Gasteiger partial charge in [0.15, 0.2) is 0 Å². The summed E-state index contributed by atoms with van der Waals surface area (Å²) in [5, 5.41) is 9.56. The van der Waals surface area contributed by atoms with E-state index in [1.807, 2.05) is 6.92 Å². The Labute approximate surface area is 273 Å². The summed E-state index contributed by atoms with van der Waals surface area (Å²) >= 11 is 1.80. The van der Waals surface area contributed by atoms with Crippen molar-refractivity contribution in [2.75, 3.05) is 58.3 Å². The van der Waals surface area contributed by atoms with Gasteiger partial charge in [0.2, 0.25) is 0 Å². The fourth-order valence-electron chi connectivity index (χ4n) is 5.14. The Morgan fingerprint density at radius 2 is 1.65 bits per heavy atom. The number of aliphatic hydroxyl groups excluding tert-OH is 1. The summed E-state index contributed by atoms with van der Waals surface area (Å²) in [6.45, 7) is 11.0. The molecule has 4 aromatic rings. The quantitative estimate of drug-likeness (QED) is 0.156. The predicted octanol–water partition coefficient (Wildman–Crippen LogP) is 4.99. The van der Waals surface area contributed by atoms with E-state index in [1.165, 1.54) is 28.3 Å². The molecule has 2 aliphatic heterocycles. The van der Waals surface area contributed by atoms with Crippen molar-refractivity contribution in [2.45, 2.75) is 30.6 Å². The second-order valence-corrected chi connectivity index (χ2v) is 13.8. The number of piperazine rings is 1. The summed E-state index contributed by atoms with van der Waals surface area (Å²) in [6.07, 6.45) is 0. The van der Waals surface area contributed by atoms with Gasteiger partial charge in [-0.2, -0.15) is 8.42 Å². The highest BCUT2D eigenvalue weighted by molar-refractivity contribution is 7.99.